The third-order valence-electron chi connectivity index (χ3n) is 2.72. The lowest BCUT2D eigenvalue weighted by molar-refractivity contribution is -0.135. The quantitative estimate of drug-likeness (QED) is 0.405. The number of thioether (sulfide) groups is 1. The van der Waals surface area contributed by atoms with Crippen molar-refractivity contribution >= 4 is 18.0 Å². The summed E-state index contributed by atoms with van der Waals surface area (Å²) in [5.41, 5.74) is 0.421. The van der Waals surface area contributed by atoms with Gasteiger partial charge >= 0.3 is 6.18 Å². The van der Waals surface area contributed by atoms with Crippen molar-refractivity contribution < 1.29 is 27.4 Å². The van der Waals surface area contributed by atoms with Crippen LogP contribution in [0.3, 0.4) is 0 Å². The molecule has 1 rings (SSSR count). The van der Waals surface area contributed by atoms with Gasteiger partial charge in [0, 0.05) is 12.0 Å². The number of halogens is 3. The molecule has 1 aromatic carbocycles. The molecule has 7 heteroatoms. The maximum Gasteiger partial charge on any atom is 0.389 e. The summed E-state index contributed by atoms with van der Waals surface area (Å²) in [5.74, 6) is 1.48. The fourth-order valence-electron chi connectivity index (χ4n) is 1.71. The summed E-state index contributed by atoms with van der Waals surface area (Å²) >= 11 is 1.36. The van der Waals surface area contributed by atoms with Gasteiger partial charge in [-0.05, 0) is 30.7 Å². The van der Waals surface area contributed by atoms with E-state index >= 15 is 0 Å². The summed E-state index contributed by atoms with van der Waals surface area (Å²) in [4.78, 5) is 11.5. The highest BCUT2D eigenvalue weighted by Gasteiger charge is 2.25. The molecule has 21 heavy (non-hydrogen) atoms. The first-order valence-electron chi connectivity index (χ1n) is 6.32. The number of carbonyl (C=O) groups is 1. The minimum atomic E-state index is -4.11. The minimum absolute atomic E-state index is 0.0908. The van der Waals surface area contributed by atoms with Gasteiger partial charge in [0.25, 0.3) is 0 Å². The molecule has 0 amide bonds. The molecule has 0 radical (unpaired) electrons. The molecule has 0 saturated heterocycles. The molecule has 0 aliphatic rings. The molecule has 0 N–H and O–H groups in total. The molecular weight excluding hydrogens is 305 g/mol. The van der Waals surface area contributed by atoms with E-state index in [4.69, 9.17) is 9.47 Å². The molecule has 0 atom stereocenters. The maximum absolute atomic E-state index is 12.0. The number of methoxy groups -OCH3 is 2. The van der Waals surface area contributed by atoms with Crippen LogP contribution in [0.5, 0.6) is 11.5 Å². The fourth-order valence-corrected chi connectivity index (χ4v) is 2.83. The van der Waals surface area contributed by atoms with Crippen LogP contribution in [0.1, 0.15) is 29.6 Å². The lowest BCUT2D eigenvalue weighted by atomic mass is 10.2. The van der Waals surface area contributed by atoms with Gasteiger partial charge in [-0.25, -0.2) is 0 Å². The summed E-state index contributed by atoms with van der Waals surface area (Å²) in [6.45, 7) is 0. The van der Waals surface area contributed by atoms with Crippen LogP contribution >= 0.6 is 11.8 Å². The number of benzene rings is 1. The van der Waals surface area contributed by atoms with Gasteiger partial charge in [0.1, 0.15) is 17.8 Å². The van der Waals surface area contributed by atoms with E-state index in [0.29, 0.717) is 40.4 Å². The summed E-state index contributed by atoms with van der Waals surface area (Å²) in [5, 5.41) is 0. The number of rotatable bonds is 8. The van der Waals surface area contributed by atoms with E-state index in [1.54, 1.807) is 12.1 Å². The molecule has 3 nitrogen and oxygen atoms in total. The number of alkyl halides is 3. The maximum atomic E-state index is 12.0. The van der Waals surface area contributed by atoms with Crippen LogP contribution < -0.4 is 9.47 Å². The van der Waals surface area contributed by atoms with E-state index < -0.39 is 12.6 Å². The first-order valence-corrected chi connectivity index (χ1v) is 7.30. The zero-order valence-electron chi connectivity index (χ0n) is 11.8. The van der Waals surface area contributed by atoms with Gasteiger partial charge in [-0.3, -0.25) is 4.79 Å². The molecular formula is C14H17F3O3S. The van der Waals surface area contributed by atoms with Crippen molar-refractivity contribution in [3.05, 3.63) is 17.7 Å². The Bertz CT molecular complexity index is 450. The first kappa shape index (κ1) is 17.7. The zero-order valence-corrected chi connectivity index (χ0v) is 12.6. The minimum Gasteiger partial charge on any atom is -0.495 e. The third kappa shape index (κ3) is 5.87. The number of aldehydes is 1. The molecule has 0 aliphatic heterocycles. The highest BCUT2D eigenvalue weighted by atomic mass is 32.2. The zero-order chi connectivity index (χ0) is 15.9. The van der Waals surface area contributed by atoms with Gasteiger partial charge in [-0.2, -0.15) is 13.2 Å². The molecule has 0 bridgehead atoms. The van der Waals surface area contributed by atoms with Crippen LogP contribution in [0.15, 0.2) is 17.0 Å². The van der Waals surface area contributed by atoms with Crippen LogP contribution in [0.25, 0.3) is 0 Å². The predicted molar refractivity (Wildman–Crippen MR) is 75.6 cm³/mol. The second-order valence-electron chi connectivity index (χ2n) is 4.29. The van der Waals surface area contributed by atoms with E-state index in [0.717, 1.165) is 0 Å². The van der Waals surface area contributed by atoms with E-state index in [1.165, 1.54) is 26.0 Å². The SMILES string of the molecule is COc1cc(C=O)cc(OC)c1SCCCCC(F)(F)F. The third-order valence-corrected chi connectivity index (χ3v) is 3.90. The van der Waals surface area contributed by atoms with Crippen molar-refractivity contribution in [2.24, 2.45) is 0 Å². The van der Waals surface area contributed by atoms with Crippen molar-refractivity contribution in [1.29, 1.82) is 0 Å². The van der Waals surface area contributed by atoms with Crippen LogP contribution in [0.2, 0.25) is 0 Å². The smallest absolute Gasteiger partial charge is 0.389 e. The molecule has 0 saturated carbocycles. The molecule has 118 valence electrons. The van der Waals surface area contributed by atoms with Gasteiger partial charge in [-0.1, -0.05) is 0 Å². The molecule has 0 heterocycles. The lowest BCUT2D eigenvalue weighted by Gasteiger charge is -2.13. The second-order valence-corrected chi connectivity index (χ2v) is 5.40. The predicted octanol–water partition coefficient (Wildman–Crippen LogP) is 4.34. The number of hydrogen-bond acceptors (Lipinski definition) is 4. The average molecular weight is 322 g/mol. The molecule has 1 aromatic rings. The molecule has 0 aromatic heterocycles. The number of hydrogen-bond donors (Lipinski definition) is 0. The molecule has 0 aliphatic carbocycles. The van der Waals surface area contributed by atoms with Crippen molar-refractivity contribution in [1.82, 2.24) is 0 Å². The normalized spacial score (nSPS) is 11.3. The number of carbonyl (C=O) groups excluding carboxylic acids is 1. The largest absolute Gasteiger partial charge is 0.495 e. The van der Waals surface area contributed by atoms with E-state index in [2.05, 4.69) is 0 Å². The highest BCUT2D eigenvalue weighted by molar-refractivity contribution is 7.99. The van der Waals surface area contributed by atoms with E-state index in [9.17, 15) is 18.0 Å². The van der Waals surface area contributed by atoms with Gasteiger partial charge in [-0.15, -0.1) is 11.8 Å². The van der Waals surface area contributed by atoms with Gasteiger partial charge in [0.2, 0.25) is 0 Å². The molecule has 0 fully saturated rings. The standard InChI is InChI=1S/C14H17F3O3S/c1-19-11-7-10(9-18)8-12(20-2)13(11)21-6-4-3-5-14(15,16)17/h7-9H,3-6H2,1-2H3. The summed E-state index contributed by atoms with van der Waals surface area (Å²) in [6.07, 6.45) is -3.67. The average Bonchev–Trinajstić information content (AvgIpc) is 2.45. The van der Waals surface area contributed by atoms with E-state index in [-0.39, 0.29) is 6.42 Å². The highest BCUT2D eigenvalue weighted by Crippen LogP contribution is 2.39. The number of unbranched alkanes of at least 4 members (excludes halogenated alkanes) is 1. The topological polar surface area (TPSA) is 35.5 Å². The van der Waals surface area contributed by atoms with Crippen molar-refractivity contribution in [3.63, 3.8) is 0 Å². The number of ether oxygens (including phenoxy) is 2. The van der Waals surface area contributed by atoms with Crippen LogP contribution in [-0.4, -0.2) is 32.4 Å². The second kappa shape index (κ2) is 8.17. The fraction of sp³-hybridized carbons (Fsp3) is 0.500. The van der Waals surface area contributed by atoms with E-state index in [1.807, 2.05) is 0 Å². The lowest BCUT2D eigenvalue weighted by Crippen LogP contribution is -2.06. The summed E-state index contributed by atoms with van der Waals surface area (Å²) in [6, 6.07) is 3.15. The van der Waals surface area contributed by atoms with Crippen LogP contribution in [-0.2, 0) is 0 Å². The Morgan fingerprint density at radius 2 is 1.71 bits per heavy atom. The van der Waals surface area contributed by atoms with Gasteiger partial charge in [0.05, 0.1) is 19.1 Å². The first-order chi connectivity index (χ1) is 9.91. The van der Waals surface area contributed by atoms with Gasteiger partial charge < -0.3 is 9.47 Å². The Morgan fingerprint density at radius 3 is 2.14 bits per heavy atom. The summed E-state index contributed by atoms with van der Waals surface area (Å²) in [7, 11) is 2.94. The van der Waals surface area contributed by atoms with Crippen LogP contribution in [0, 0.1) is 0 Å². The monoisotopic (exact) mass is 322 g/mol. The Hall–Kier alpha value is -1.37. The Balaban J connectivity index is 2.67. The van der Waals surface area contributed by atoms with Crippen LogP contribution in [0.4, 0.5) is 13.2 Å². The Kier molecular flexibility index (Phi) is 6.87. The molecule has 0 unspecified atom stereocenters. The summed E-state index contributed by atoms with van der Waals surface area (Å²) < 4.78 is 46.5. The van der Waals surface area contributed by atoms with Crippen molar-refractivity contribution in [2.45, 2.75) is 30.3 Å². The Labute approximate surface area is 125 Å². The molecule has 0 spiro atoms. The van der Waals surface area contributed by atoms with Gasteiger partial charge in [0.15, 0.2) is 0 Å². The van der Waals surface area contributed by atoms with Crippen molar-refractivity contribution in [3.8, 4) is 11.5 Å². The Morgan fingerprint density at radius 1 is 1.14 bits per heavy atom. The van der Waals surface area contributed by atoms with Crippen molar-refractivity contribution in [2.75, 3.05) is 20.0 Å².